The largest absolute Gasteiger partial charge is 0.485 e. The molecular weight excluding hydrogens is 321 g/mol. The van der Waals surface area contributed by atoms with Crippen LogP contribution >= 0.6 is 15.9 Å². The van der Waals surface area contributed by atoms with Crippen LogP contribution in [0.5, 0.6) is 5.75 Å². The van der Waals surface area contributed by atoms with Crippen molar-refractivity contribution in [2.24, 2.45) is 5.73 Å². The molecule has 0 atom stereocenters. The first-order chi connectivity index (χ1) is 9.38. The molecule has 20 heavy (non-hydrogen) atoms. The molecule has 0 unspecified atom stereocenters. The van der Waals surface area contributed by atoms with Crippen LogP contribution in [0.4, 0.5) is 4.39 Å². The van der Waals surface area contributed by atoms with Gasteiger partial charge < -0.3 is 10.5 Å². The molecule has 0 radical (unpaired) electrons. The van der Waals surface area contributed by atoms with Crippen molar-refractivity contribution < 1.29 is 9.13 Å². The standard InChI is InChI=1S/C16H17BrFNO/c1-16(2,19)12-8-13(17)15(14(18)9-12)20-10-11-6-4-3-5-7-11/h3-9H,10,19H2,1-2H3. The minimum atomic E-state index is -0.596. The van der Waals surface area contributed by atoms with E-state index in [1.54, 1.807) is 6.07 Å². The molecule has 2 N–H and O–H groups in total. The van der Waals surface area contributed by atoms with Gasteiger partial charge in [0.25, 0.3) is 0 Å². The summed E-state index contributed by atoms with van der Waals surface area (Å²) in [5, 5.41) is 0. The van der Waals surface area contributed by atoms with Crippen LogP contribution < -0.4 is 10.5 Å². The monoisotopic (exact) mass is 337 g/mol. The predicted molar refractivity (Wildman–Crippen MR) is 82.1 cm³/mol. The lowest BCUT2D eigenvalue weighted by atomic mass is 9.95. The van der Waals surface area contributed by atoms with Crippen LogP contribution in [0.3, 0.4) is 0 Å². The molecule has 0 aliphatic rings. The van der Waals surface area contributed by atoms with Crippen molar-refractivity contribution >= 4 is 15.9 Å². The van der Waals surface area contributed by atoms with Gasteiger partial charge in [-0.05, 0) is 53.0 Å². The third-order valence-corrected chi connectivity index (χ3v) is 3.56. The number of benzene rings is 2. The van der Waals surface area contributed by atoms with E-state index in [2.05, 4.69) is 15.9 Å². The molecule has 0 spiro atoms. The molecule has 0 aliphatic carbocycles. The van der Waals surface area contributed by atoms with Gasteiger partial charge in [0.2, 0.25) is 0 Å². The fourth-order valence-corrected chi connectivity index (χ4v) is 2.35. The fraction of sp³-hybridized carbons (Fsp3) is 0.250. The van der Waals surface area contributed by atoms with E-state index in [0.717, 1.165) is 5.56 Å². The Balaban J connectivity index is 2.21. The number of halogens is 2. The van der Waals surface area contributed by atoms with E-state index in [0.29, 0.717) is 16.6 Å². The molecule has 2 nitrogen and oxygen atoms in total. The molecule has 0 aromatic heterocycles. The van der Waals surface area contributed by atoms with Gasteiger partial charge in [-0.1, -0.05) is 30.3 Å². The molecule has 0 aliphatic heterocycles. The second-order valence-electron chi connectivity index (χ2n) is 5.26. The Labute approximate surface area is 126 Å². The smallest absolute Gasteiger partial charge is 0.169 e. The van der Waals surface area contributed by atoms with Gasteiger partial charge in [-0.3, -0.25) is 0 Å². The summed E-state index contributed by atoms with van der Waals surface area (Å²) in [5.74, 6) is -0.203. The van der Waals surface area contributed by atoms with Crippen molar-refractivity contribution in [3.8, 4) is 5.75 Å². The molecule has 2 aromatic rings. The van der Waals surface area contributed by atoms with Crippen molar-refractivity contribution in [1.82, 2.24) is 0 Å². The minimum absolute atomic E-state index is 0.210. The normalized spacial score (nSPS) is 11.4. The van der Waals surface area contributed by atoms with Gasteiger partial charge in [0.1, 0.15) is 6.61 Å². The van der Waals surface area contributed by atoms with E-state index in [-0.39, 0.29) is 5.75 Å². The van der Waals surface area contributed by atoms with Gasteiger partial charge in [-0.15, -0.1) is 0 Å². The summed E-state index contributed by atoms with van der Waals surface area (Å²) < 4.78 is 20.3. The first-order valence-electron chi connectivity index (χ1n) is 6.33. The summed E-state index contributed by atoms with van der Waals surface area (Å²) >= 11 is 3.34. The van der Waals surface area contributed by atoms with Crippen molar-refractivity contribution in [3.63, 3.8) is 0 Å². The van der Waals surface area contributed by atoms with Crippen LogP contribution in [-0.4, -0.2) is 0 Å². The predicted octanol–water partition coefficient (Wildman–Crippen LogP) is 4.36. The number of hydrogen-bond acceptors (Lipinski definition) is 2. The van der Waals surface area contributed by atoms with Gasteiger partial charge in [0.05, 0.1) is 4.47 Å². The van der Waals surface area contributed by atoms with Crippen molar-refractivity contribution in [2.45, 2.75) is 26.0 Å². The lowest BCUT2D eigenvalue weighted by molar-refractivity contribution is 0.287. The van der Waals surface area contributed by atoms with Crippen LogP contribution in [0.15, 0.2) is 46.9 Å². The highest BCUT2D eigenvalue weighted by Crippen LogP contribution is 2.33. The summed E-state index contributed by atoms with van der Waals surface area (Å²) in [4.78, 5) is 0. The van der Waals surface area contributed by atoms with Crippen LogP contribution in [0.25, 0.3) is 0 Å². The van der Waals surface area contributed by atoms with Crippen LogP contribution in [0.2, 0.25) is 0 Å². The summed E-state index contributed by atoms with van der Waals surface area (Å²) in [5.41, 5.74) is 7.09. The van der Waals surface area contributed by atoms with Crippen LogP contribution in [-0.2, 0) is 12.1 Å². The molecule has 0 amide bonds. The molecule has 2 rings (SSSR count). The van der Waals surface area contributed by atoms with E-state index in [4.69, 9.17) is 10.5 Å². The summed E-state index contributed by atoms with van der Waals surface area (Å²) in [6.45, 7) is 3.99. The maximum Gasteiger partial charge on any atom is 0.169 e. The molecule has 106 valence electrons. The third-order valence-electron chi connectivity index (χ3n) is 2.97. The summed E-state index contributed by atoms with van der Waals surface area (Å²) in [6, 6.07) is 12.9. The third kappa shape index (κ3) is 3.58. The number of nitrogens with two attached hydrogens (primary N) is 1. The molecule has 0 saturated carbocycles. The second-order valence-corrected chi connectivity index (χ2v) is 6.12. The quantitative estimate of drug-likeness (QED) is 0.899. The first kappa shape index (κ1) is 15.0. The highest BCUT2D eigenvalue weighted by atomic mass is 79.9. The lowest BCUT2D eigenvalue weighted by Crippen LogP contribution is -2.28. The molecule has 4 heteroatoms. The average molecular weight is 338 g/mol. The topological polar surface area (TPSA) is 35.2 Å². The maximum absolute atomic E-state index is 14.1. The molecule has 0 bridgehead atoms. The molecular formula is C16H17BrFNO. The van der Waals surface area contributed by atoms with Gasteiger partial charge in [-0.2, -0.15) is 0 Å². The first-order valence-corrected chi connectivity index (χ1v) is 7.12. The Morgan fingerprint density at radius 3 is 2.40 bits per heavy atom. The van der Waals surface area contributed by atoms with E-state index in [1.165, 1.54) is 6.07 Å². The highest BCUT2D eigenvalue weighted by Gasteiger charge is 2.19. The van der Waals surface area contributed by atoms with Crippen LogP contribution in [0, 0.1) is 5.82 Å². The fourth-order valence-electron chi connectivity index (χ4n) is 1.80. The Hall–Kier alpha value is -1.39. The lowest BCUT2D eigenvalue weighted by Gasteiger charge is -2.21. The van der Waals surface area contributed by atoms with Crippen molar-refractivity contribution in [3.05, 3.63) is 63.9 Å². The van der Waals surface area contributed by atoms with Gasteiger partial charge in [-0.25, -0.2) is 4.39 Å². The zero-order valence-corrected chi connectivity index (χ0v) is 13.1. The Morgan fingerprint density at radius 2 is 1.85 bits per heavy atom. The second kappa shape index (κ2) is 5.94. The number of hydrogen-bond donors (Lipinski definition) is 1. The zero-order valence-electron chi connectivity index (χ0n) is 11.5. The zero-order chi connectivity index (χ0) is 14.8. The average Bonchev–Trinajstić information content (AvgIpc) is 2.37. The summed E-state index contributed by atoms with van der Waals surface area (Å²) in [7, 11) is 0. The van der Waals surface area contributed by atoms with Crippen molar-refractivity contribution in [1.29, 1.82) is 0 Å². The van der Waals surface area contributed by atoms with E-state index >= 15 is 0 Å². The molecule has 0 saturated heterocycles. The van der Waals surface area contributed by atoms with Crippen LogP contribution in [0.1, 0.15) is 25.0 Å². The molecule has 0 heterocycles. The number of ether oxygens (including phenoxy) is 1. The summed E-state index contributed by atoms with van der Waals surface area (Å²) in [6.07, 6.45) is 0. The number of rotatable bonds is 4. The Kier molecular flexibility index (Phi) is 4.45. The van der Waals surface area contributed by atoms with E-state index < -0.39 is 11.4 Å². The molecule has 0 fully saturated rings. The molecule has 2 aromatic carbocycles. The van der Waals surface area contributed by atoms with E-state index in [9.17, 15) is 4.39 Å². The van der Waals surface area contributed by atoms with Gasteiger partial charge >= 0.3 is 0 Å². The van der Waals surface area contributed by atoms with E-state index in [1.807, 2.05) is 44.2 Å². The Morgan fingerprint density at radius 1 is 1.20 bits per heavy atom. The van der Waals surface area contributed by atoms with Gasteiger partial charge in [0.15, 0.2) is 11.6 Å². The van der Waals surface area contributed by atoms with Gasteiger partial charge in [0, 0.05) is 5.54 Å². The van der Waals surface area contributed by atoms with Crippen molar-refractivity contribution in [2.75, 3.05) is 0 Å². The highest BCUT2D eigenvalue weighted by molar-refractivity contribution is 9.10. The maximum atomic E-state index is 14.1. The Bertz CT molecular complexity index is 570. The minimum Gasteiger partial charge on any atom is -0.485 e. The SMILES string of the molecule is CC(C)(N)c1cc(F)c(OCc2ccccc2)c(Br)c1.